The number of rotatable bonds is 2. The van der Waals surface area contributed by atoms with Crippen molar-refractivity contribution in [2.45, 2.75) is 56.8 Å². The molecule has 0 radical (unpaired) electrons. The van der Waals surface area contributed by atoms with Gasteiger partial charge in [-0.2, -0.15) is 0 Å². The van der Waals surface area contributed by atoms with Crippen LogP contribution in [0.25, 0.3) is 0 Å². The van der Waals surface area contributed by atoms with Gasteiger partial charge in [-0.3, -0.25) is 9.78 Å². The topological polar surface area (TPSA) is 50.2 Å². The molecule has 1 aromatic heterocycles. The van der Waals surface area contributed by atoms with E-state index < -0.39 is 5.97 Å². The van der Waals surface area contributed by atoms with Crippen molar-refractivity contribution in [1.82, 2.24) is 4.98 Å². The van der Waals surface area contributed by atoms with Gasteiger partial charge in [0.25, 0.3) is 0 Å². The second-order valence-corrected chi connectivity index (χ2v) is 5.54. The van der Waals surface area contributed by atoms with Crippen LogP contribution in [0.1, 0.15) is 67.3 Å². The van der Waals surface area contributed by atoms with Gasteiger partial charge in [0.1, 0.15) is 0 Å². The van der Waals surface area contributed by atoms with Gasteiger partial charge in [-0.15, -0.1) is 0 Å². The number of aryl methyl sites for hydroxylation is 1. The number of carboxylic acid groups (broad SMARTS) is 1. The Morgan fingerprint density at radius 1 is 1.17 bits per heavy atom. The van der Waals surface area contributed by atoms with Gasteiger partial charge in [-0.1, -0.05) is 18.9 Å². The molecule has 1 unspecified atom stereocenters. The number of hydrogen-bond acceptors (Lipinski definition) is 2. The summed E-state index contributed by atoms with van der Waals surface area (Å²) >= 11 is 0. The summed E-state index contributed by atoms with van der Waals surface area (Å²) in [6.45, 7) is 0. The smallest absolute Gasteiger partial charge is 0.311 e. The van der Waals surface area contributed by atoms with Crippen LogP contribution in [0, 0.1) is 0 Å². The van der Waals surface area contributed by atoms with E-state index in [0.717, 1.165) is 30.5 Å². The molecule has 0 bridgehead atoms. The van der Waals surface area contributed by atoms with Gasteiger partial charge in [-0.05, 0) is 43.7 Å². The lowest BCUT2D eigenvalue weighted by Crippen LogP contribution is -2.19. The zero-order valence-electron chi connectivity index (χ0n) is 10.6. The van der Waals surface area contributed by atoms with Crippen LogP contribution >= 0.6 is 0 Å². The molecule has 3 nitrogen and oxygen atoms in total. The van der Waals surface area contributed by atoms with Crippen LogP contribution in [0.5, 0.6) is 0 Å². The predicted octanol–water partition coefficient (Wildman–Crippen LogP) is 3.24. The van der Waals surface area contributed by atoms with Crippen LogP contribution in [0.4, 0.5) is 0 Å². The summed E-state index contributed by atoms with van der Waals surface area (Å²) < 4.78 is 0. The molecule has 1 N–H and O–H groups in total. The Morgan fingerprint density at radius 2 is 1.94 bits per heavy atom. The number of carbonyl (C=O) groups is 1. The lowest BCUT2D eigenvalue weighted by Gasteiger charge is -2.22. The van der Waals surface area contributed by atoms with Gasteiger partial charge in [0, 0.05) is 17.3 Å². The quantitative estimate of drug-likeness (QED) is 0.870. The number of aliphatic carboxylic acids is 1. The van der Waals surface area contributed by atoms with Crippen LogP contribution in [0.2, 0.25) is 0 Å². The maximum atomic E-state index is 11.2. The van der Waals surface area contributed by atoms with Crippen molar-refractivity contribution in [1.29, 1.82) is 0 Å². The van der Waals surface area contributed by atoms with Crippen molar-refractivity contribution in [2.75, 3.05) is 0 Å². The summed E-state index contributed by atoms with van der Waals surface area (Å²) in [7, 11) is 0. The van der Waals surface area contributed by atoms with Crippen molar-refractivity contribution in [2.24, 2.45) is 0 Å². The van der Waals surface area contributed by atoms with Gasteiger partial charge in [0.15, 0.2) is 0 Å². The van der Waals surface area contributed by atoms with Crippen LogP contribution < -0.4 is 0 Å². The Labute approximate surface area is 107 Å². The average molecular weight is 245 g/mol. The lowest BCUT2D eigenvalue weighted by molar-refractivity contribution is -0.139. The number of fused-ring (bicyclic) bond motifs is 1. The molecule has 0 aromatic carbocycles. The third-order valence-corrected chi connectivity index (χ3v) is 4.38. The molecular weight excluding hydrogens is 226 g/mol. The highest BCUT2D eigenvalue weighted by molar-refractivity contribution is 5.76. The average Bonchev–Trinajstić information content (AvgIpc) is 2.91. The Morgan fingerprint density at radius 3 is 2.67 bits per heavy atom. The van der Waals surface area contributed by atoms with Crippen molar-refractivity contribution in [3.63, 3.8) is 0 Å². The summed E-state index contributed by atoms with van der Waals surface area (Å²) in [5, 5.41) is 9.24. The van der Waals surface area contributed by atoms with Crippen molar-refractivity contribution < 1.29 is 9.90 Å². The first-order valence-corrected chi connectivity index (χ1v) is 6.98. The Balaban J connectivity index is 1.92. The van der Waals surface area contributed by atoms with E-state index in [1.165, 1.54) is 31.4 Å². The predicted molar refractivity (Wildman–Crippen MR) is 68.8 cm³/mol. The van der Waals surface area contributed by atoms with E-state index in [-0.39, 0.29) is 5.92 Å². The van der Waals surface area contributed by atoms with Crippen molar-refractivity contribution >= 4 is 5.97 Å². The standard InChI is InChI=1S/C15H19NO2/c17-15(18)12-6-3-7-14-11(12)8-9-13(16-14)10-4-1-2-5-10/h8-10,12H,1-7H2,(H,17,18). The molecular formula is C15H19NO2. The molecule has 1 fully saturated rings. The maximum absolute atomic E-state index is 11.2. The van der Waals surface area contributed by atoms with E-state index in [4.69, 9.17) is 4.98 Å². The molecule has 1 heterocycles. The van der Waals surface area contributed by atoms with E-state index >= 15 is 0 Å². The van der Waals surface area contributed by atoms with Crippen molar-refractivity contribution in [3.8, 4) is 0 Å². The second kappa shape index (κ2) is 4.71. The van der Waals surface area contributed by atoms with E-state index in [1.807, 2.05) is 6.07 Å². The second-order valence-electron chi connectivity index (χ2n) is 5.54. The highest BCUT2D eigenvalue weighted by Gasteiger charge is 2.28. The first-order chi connectivity index (χ1) is 8.75. The van der Waals surface area contributed by atoms with Gasteiger partial charge in [0.05, 0.1) is 5.92 Å². The molecule has 0 spiro atoms. The van der Waals surface area contributed by atoms with E-state index in [0.29, 0.717) is 5.92 Å². The molecule has 3 rings (SSSR count). The molecule has 2 aliphatic rings. The largest absolute Gasteiger partial charge is 0.481 e. The molecule has 0 aliphatic heterocycles. The van der Waals surface area contributed by atoms with Crippen LogP contribution in [0.3, 0.4) is 0 Å². The molecule has 1 atom stereocenters. The summed E-state index contributed by atoms with van der Waals surface area (Å²) in [5.41, 5.74) is 3.19. The first kappa shape index (κ1) is 11.7. The number of aromatic nitrogens is 1. The Bertz CT molecular complexity index is 464. The summed E-state index contributed by atoms with van der Waals surface area (Å²) in [4.78, 5) is 16.0. The fraction of sp³-hybridized carbons (Fsp3) is 0.600. The summed E-state index contributed by atoms with van der Waals surface area (Å²) in [5.74, 6) is -0.425. The molecule has 2 aliphatic carbocycles. The van der Waals surface area contributed by atoms with Gasteiger partial charge >= 0.3 is 5.97 Å². The molecule has 96 valence electrons. The number of hydrogen-bond donors (Lipinski definition) is 1. The molecule has 0 amide bonds. The van der Waals surface area contributed by atoms with E-state index in [9.17, 15) is 9.90 Å². The highest BCUT2D eigenvalue weighted by atomic mass is 16.4. The van der Waals surface area contributed by atoms with Gasteiger partial charge in [-0.25, -0.2) is 0 Å². The fourth-order valence-corrected chi connectivity index (χ4v) is 3.38. The molecule has 1 aromatic rings. The SMILES string of the molecule is O=C(O)C1CCCc2nc(C3CCCC3)ccc21. The Hall–Kier alpha value is -1.38. The third kappa shape index (κ3) is 2.02. The number of carboxylic acids is 1. The van der Waals surface area contributed by atoms with Gasteiger partial charge < -0.3 is 5.11 Å². The Kier molecular flexibility index (Phi) is 3.06. The number of nitrogens with zero attached hydrogens (tertiary/aromatic N) is 1. The molecule has 1 saturated carbocycles. The first-order valence-electron chi connectivity index (χ1n) is 6.98. The monoisotopic (exact) mass is 245 g/mol. The van der Waals surface area contributed by atoms with Crippen molar-refractivity contribution in [3.05, 3.63) is 29.1 Å². The normalized spacial score (nSPS) is 23.9. The van der Waals surface area contributed by atoms with Crippen LogP contribution in [-0.4, -0.2) is 16.1 Å². The summed E-state index contributed by atoms with van der Waals surface area (Å²) in [6, 6.07) is 4.09. The van der Waals surface area contributed by atoms with Gasteiger partial charge in [0.2, 0.25) is 0 Å². The molecule has 3 heteroatoms. The number of pyridine rings is 1. The molecule has 18 heavy (non-hydrogen) atoms. The van der Waals surface area contributed by atoms with Crippen LogP contribution in [0.15, 0.2) is 12.1 Å². The lowest BCUT2D eigenvalue weighted by atomic mass is 9.85. The maximum Gasteiger partial charge on any atom is 0.311 e. The highest BCUT2D eigenvalue weighted by Crippen LogP contribution is 2.36. The minimum atomic E-state index is -0.702. The fourth-order valence-electron chi connectivity index (χ4n) is 3.38. The molecule has 0 saturated heterocycles. The van der Waals surface area contributed by atoms with Crippen LogP contribution in [-0.2, 0) is 11.2 Å². The zero-order chi connectivity index (χ0) is 12.5. The minimum absolute atomic E-state index is 0.334. The van der Waals surface area contributed by atoms with E-state index in [1.54, 1.807) is 0 Å². The minimum Gasteiger partial charge on any atom is -0.481 e. The van der Waals surface area contributed by atoms with E-state index in [2.05, 4.69) is 6.07 Å². The third-order valence-electron chi connectivity index (χ3n) is 4.38. The zero-order valence-corrected chi connectivity index (χ0v) is 10.6. The summed E-state index contributed by atoms with van der Waals surface area (Å²) in [6.07, 6.45) is 7.75.